The highest BCUT2D eigenvalue weighted by atomic mass is 19.4. The van der Waals surface area contributed by atoms with Crippen LogP contribution in [0.15, 0.2) is 12.1 Å². The van der Waals surface area contributed by atoms with Crippen molar-refractivity contribution in [1.29, 1.82) is 0 Å². The van der Waals surface area contributed by atoms with Crippen LogP contribution in [0.1, 0.15) is 23.1 Å². The summed E-state index contributed by atoms with van der Waals surface area (Å²) in [7, 11) is 1.58. The number of amides is 1. The van der Waals surface area contributed by atoms with E-state index in [1.165, 1.54) is 4.90 Å². The molecule has 0 aromatic heterocycles. The lowest BCUT2D eigenvalue weighted by Crippen LogP contribution is -2.29. The Hall–Kier alpha value is -2.25. The Morgan fingerprint density at radius 3 is 2.24 bits per heavy atom. The van der Waals surface area contributed by atoms with E-state index >= 15 is 0 Å². The molecule has 2 unspecified atom stereocenters. The van der Waals surface area contributed by atoms with Gasteiger partial charge in [0.15, 0.2) is 6.61 Å². The predicted octanol–water partition coefficient (Wildman–Crippen LogP) is 2.92. The molecule has 0 heterocycles. The molecule has 0 bridgehead atoms. The molecular weight excluding hydrogens is 339 g/mol. The number of nitrogens with zero attached hydrogens (tertiary/aromatic N) is 1. The molecule has 2 atom stereocenters. The third kappa shape index (κ3) is 4.87. The summed E-state index contributed by atoms with van der Waals surface area (Å²) in [6, 6.07) is 3.34. The zero-order chi connectivity index (χ0) is 18.9. The van der Waals surface area contributed by atoms with Crippen LogP contribution in [0.4, 0.5) is 13.2 Å². The molecule has 0 saturated heterocycles. The minimum atomic E-state index is -4.41. The largest absolute Gasteiger partial charge is 0.484 e. The maximum Gasteiger partial charge on any atom is 0.422 e. The molecule has 2 rings (SSSR count). The standard InChI is InChI=1S/C17H20F3NO4/c1-9-4-11(5-10(2)14(9)25-8-17(18,19)20)7-21(3)15(22)12-6-13(12)16(23)24/h4-5,12-13H,6-8H2,1-3H3,(H,23,24). The maximum absolute atomic E-state index is 12.3. The first kappa shape index (κ1) is 19.1. The van der Waals surface area contributed by atoms with Gasteiger partial charge in [-0.15, -0.1) is 0 Å². The summed E-state index contributed by atoms with van der Waals surface area (Å²) in [5.74, 6) is -2.12. The first-order chi connectivity index (χ1) is 11.5. The van der Waals surface area contributed by atoms with Gasteiger partial charge in [-0.05, 0) is 37.0 Å². The number of carbonyl (C=O) groups is 2. The molecule has 1 saturated carbocycles. The molecule has 1 amide bonds. The third-order valence-corrected chi connectivity index (χ3v) is 4.12. The van der Waals surface area contributed by atoms with E-state index in [-0.39, 0.29) is 18.2 Å². The van der Waals surface area contributed by atoms with E-state index < -0.39 is 30.6 Å². The van der Waals surface area contributed by atoms with Crippen LogP contribution in [0.5, 0.6) is 5.75 Å². The Balaban J connectivity index is 2.03. The minimum Gasteiger partial charge on any atom is -0.484 e. The number of rotatable bonds is 6. The van der Waals surface area contributed by atoms with Crippen molar-refractivity contribution in [3.63, 3.8) is 0 Å². The first-order valence-corrected chi connectivity index (χ1v) is 7.77. The highest BCUT2D eigenvalue weighted by Crippen LogP contribution is 2.40. The van der Waals surface area contributed by atoms with Gasteiger partial charge in [0, 0.05) is 13.6 Å². The number of hydrogen-bond acceptors (Lipinski definition) is 3. The number of carbonyl (C=O) groups excluding carboxylic acids is 1. The van der Waals surface area contributed by atoms with E-state index in [2.05, 4.69) is 0 Å². The van der Waals surface area contributed by atoms with Crippen LogP contribution in [0.25, 0.3) is 0 Å². The van der Waals surface area contributed by atoms with E-state index in [1.54, 1.807) is 33.0 Å². The first-order valence-electron chi connectivity index (χ1n) is 7.77. The summed E-state index contributed by atoms with van der Waals surface area (Å²) >= 11 is 0. The van der Waals surface area contributed by atoms with Gasteiger partial charge in [-0.2, -0.15) is 13.2 Å². The summed E-state index contributed by atoms with van der Waals surface area (Å²) in [6.07, 6.45) is -4.06. The fourth-order valence-corrected chi connectivity index (χ4v) is 2.89. The number of ether oxygens (including phenoxy) is 1. The Bertz CT molecular complexity index is 664. The van der Waals surface area contributed by atoms with Crippen LogP contribution in [0.3, 0.4) is 0 Å². The molecule has 1 aliphatic rings. The molecule has 1 fully saturated rings. The number of benzene rings is 1. The van der Waals surface area contributed by atoms with Gasteiger partial charge in [-0.25, -0.2) is 0 Å². The number of aliphatic carboxylic acids is 1. The lowest BCUT2D eigenvalue weighted by molar-refractivity contribution is -0.153. The summed E-state index contributed by atoms with van der Waals surface area (Å²) in [4.78, 5) is 24.5. The molecule has 8 heteroatoms. The highest BCUT2D eigenvalue weighted by Gasteiger charge is 2.49. The number of carboxylic acids is 1. The molecule has 5 nitrogen and oxygen atoms in total. The second kappa shape index (κ2) is 6.93. The van der Waals surface area contributed by atoms with Crippen LogP contribution in [0, 0.1) is 25.7 Å². The fraction of sp³-hybridized carbons (Fsp3) is 0.529. The van der Waals surface area contributed by atoms with Gasteiger partial charge >= 0.3 is 12.1 Å². The Morgan fingerprint density at radius 2 is 1.80 bits per heavy atom. The number of hydrogen-bond donors (Lipinski definition) is 1. The number of alkyl halides is 3. The van der Waals surface area contributed by atoms with Crippen molar-refractivity contribution >= 4 is 11.9 Å². The van der Waals surface area contributed by atoms with Crippen LogP contribution in [0.2, 0.25) is 0 Å². The summed E-state index contributed by atoms with van der Waals surface area (Å²) in [5, 5.41) is 8.89. The number of carboxylic acid groups (broad SMARTS) is 1. The van der Waals surface area contributed by atoms with Gasteiger partial charge in [0.05, 0.1) is 11.8 Å². The summed E-state index contributed by atoms with van der Waals surface area (Å²) in [6.45, 7) is 2.18. The van der Waals surface area contributed by atoms with Gasteiger partial charge < -0.3 is 14.7 Å². The molecule has 1 aliphatic carbocycles. The van der Waals surface area contributed by atoms with E-state index in [4.69, 9.17) is 9.84 Å². The molecule has 0 radical (unpaired) electrons. The normalized spacial score (nSPS) is 19.4. The lowest BCUT2D eigenvalue weighted by atomic mass is 10.1. The van der Waals surface area contributed by atoms with Crippen molar-refractivity contribution < 1.29 is 32.6 Å². The van der Waals surface area contributed by atoms with E-state index in [1.807, 2.05) is 0 Å². The quantitative estimate of drug-likeness (QED) is 0.848. The van der Waals surface area contributed by atoms with E-state index in [9.17, 15) is 22.8 Å². The van der Waals surface area contributed by atoms with Gasteiger partial charge in [-0.3, -0.25) is 9.59 Å². The fourth-order valence-electron chi connectivity index (χ4n) is 2.89. The minimum absolute atomic E-state index is 0.184. The molecular formula is C17H20F3NO4. The molecule has 138 valence electrons. The second-order valence-corrected chi connectivity index (χ2v) is 6.44. The predicted molar refractivity (Wildman–Crippen MR) is 83.2 cm³/mol. The monoisotopic (exact) mass is 359 g/mol. The second-order valence-electron chi connectivity index (χ2n) is 6.44. The van der Waals surface area contributed by atoms with Crippen molar-refractivity contribution in [2.45, 2.75) is 33.0 Å². The maximum atomic E-state index is 12.3. The lowest BCUT2D eigenvalue weighted by Gasteiger charge is -2.20. The zero-order valence-electron chi connectivity index (χ0n) is 14.2. The summed E-state index contributed by atoms with van der Waals surface area (Å²) < 4.78 is 41.8. The molecule has 0 aliphatic heterocycles. The van der Waals surface area contributed by atoms with Gasteiger partial charge in [-0.1, -0.05) is 12.1 Å². The SMILES string of the molecule is Cc1cc(CN(C)C(=O)C2CC2C(=O)O)cc(C)c1OCC(F)(F)F. The van der Waals surface area contributed by atoms with Gasteiger partial charge in [0.1, 0.15) is 5.75 Å². The number of halogens is 3. The molecule has 1 aromatic carbocycles. The van der Waals surface area contributed by atoms with Gasteiger partial charge in [0.2, 0.25) is 5.91 Å². The van der Waals surface area contributed by atoms with E-state index in [0.717, 1.165) is 5.56 Å². The van der Waals surface area contributed by atoms with Crippen molar-refractivity contribution in [2.24, 2.45) is 11.8 Å². The Kier molecular flexibility index (Phi) is 5.29. The van der Waals surface area contributed by atoms with Crippen LogP contribution in [-0.4, -0.2) is 41.7 Å². The van der Waals surface area contributed by atoms with Gasteiger partial charge in [0.25, 0.3) is 0 Å². The topological polar surface area (TPSA) is 66.8 Å². The molecule has 1 aromatic rings. The zero-order valence-corrected chi connectivity index (χ0v) is 14.2. The van der Waals surface area contributed by atoms with Crippen molar-refractivity contribution in [2.75, 3.05) is 13.7 Å². The van der Waals surface area contributed by atoms with Crippen LogP contribution < -0.4 is 4.74 Å². The highest BCUT2D eigenvalue weighted by molar-refractivity contribution is 5.89. The smallest absolute Gasteiger partial charge is 0.422 e. The number of aryl methyl sites for hydroxylation is 2. The average molecular weight is 359 g/mol. The van der Waals surface area contributed by atoms with E-state index in [0.29, 0.717) is 17.5 Å². The third-order valence-electron chi connectivity index (χ3n) is 4.12. The summed E-state index contributed by atoms with van der Waals surface area (Å²) in [5.41, 5.74) is 1.85. The van der Waals surface area contributed by atoms with Crippen molar-refractivity contribution in [1.82, 2.24) is 4.90 Å². The van der Waals surface area contributed by atoms with Crippen molar-refractivity contribution in [3.05, 3.63) is 28.8 Å². The average Bonchev–Trinajstić information content (AvgIpc) is 3.24. The van der Waals surface area contributed by atoms with Crippen molar-refractivity contribution in [3.8, 4) is 5.75 Å². The molecule has 25 heavy (non-hydrogen) atoms. The molecule has 0 spiro atoms. The Morgan fingerprint density at radius 1 is 1.24 bits per heavy atom. The van der Waals surface area contributed by atoms with Crippen LogP contribution in [-0.2, 0) is 16.1 Å². The van der Waals surface area contributed by atoms with Crippen LogP contribution >= 0.6 is 0 Å². The molecule has 1 N–H and O–H groups in total. The Labute approximate surface area is 143 Å².